The summed E-state index contributed by atoms with van der Waals surface area (Å²) in [6, 6.07) is 0. The Labute approximate surface area is 94.8 Å². The van der Waals surface area contributed by atoms with Crippen LogP contribution in [0.25, 0.3) is 0 Å². The standard InChI is InChI=1S/C6H5BrClF5O2/c7-1-5(8,11)4(14)15-2-6(12,13)3(9)10/h3H,1-2H2. The molecular weight excluding hydrogens is 314 g/mol. The largest absolute Gasteiger partial charge is 0.456 e. The van der Waals surface area contributed by atoms with Crippen LogP contribution in [0.3, 0.4) is 0 Å². The number of hydrogen-bond acceptors (Lipinski definition) is 2. The van der Waals surface area contributed by atoms with Crippen LogP contribution in [-0.4, -0.2) is 35.4 Å². The van der Waals surface area contributed by atoms with E-state index in [1.165, 1.54) is 0 Å². The molecule has 0 saturated heterocycles. The second kappa shape index (κ2) is 5.29. The summed E-state index contributed by atoms with van der Waals surface area (Å²) in [6.07, 6.45) is -4.00. The molecule has 90 valence electrons. The van der Waals surface area contributed by atoms with Crippen molar-refractivity contribution in [1.82, 2.24) is 0 Å². The molecule has 0 N–H and O–H groups in total. The first-order valence-electron chi connectivity index (χ1n) is 3.40. The maximum atomic E-state index is 12.8. The summed E-state index contributed by atoms with van der Waals surface area (Å²) >= 11 is 7.34. The maximum Gasteiger partial charge on any atom is 0.360 e. The number of alkyl halides is 7. The van der Waals surface area contributed by atoms with Crippen molar-refractivity contribution >= 4 is 33.5 Å². The van der Waals surface area contributed by atoms with E-state index < -0.39 is 35.4 Å². The lowest BCUT2D eigenvalue weighted by Crippen LogP contribution is -2.38. The van der Waals surface area contributed by atoms with Gasteiger partial charge < -0.3 is 4.74 Å². The molecule has 0 heterocycles. The molecule has 2 nitrogen and oxygen atoms in total. The van der Waals surface area contributed by atoms with Gasteiger partial charge in [0.05, 0.1) is 5.33 Å². The average molecular weight is 319 g/mol. The number of carbonyl (C=O) groups is 1. The van der Waals surface area contributed by atoms with Gasteiger partial charge in [-0.05, 0) is 0 Å². The molecule has 9 heteroatoms. The third-order valence-electron chi connectivity index (χ3n) is 1.18. The molecule has 1 unspecified atom stereocenters. The maximum absolute atomic E-state index is 12.8. The molecule has 1 atom stereocenters. The van der Waals surface area contributed by atoms with Gasteiger partial charge in [-0.3, -0.25) is 0 Å². The lowest BCUT2D eigenvalue weighted by Gasteiger charge is -2.18. The Bertz CT molecular complexity index is 236. The molecule has 0 aliphatic carbocycles. The van der Waals surface area contributed by atoms with Crippen molar-refractivity contribution in [2.24, 2.45) is 0 Å². The highest BCUT2D eigenvalue weighted by molar-refractivity contribution is 9.09. The van der Waals surface area contributed by atoms with Gasteiger partial charge in [-0.1, -0.05) is 27.5 Å². The van der Waals surface area contributed by atoms with E-state index in [4.69, 9.17) is 11.6 Å². The minimum Gasteiger partial charge on any atom is -0.456 e. The predicted octanol–water partition coefficient (Wildman–Crippen LogP) is 2.73. The Morgan fingerprint density at radius 3 is 2.20 bits per heavy atom. The van der Waals surface area contributed by atoms with Crippen molar-refractivity contribution in [2.75, 3.05) is 11.9 Å². The fraction of sp³-hybridized carbons (Fsp3) is 0.833. The van der Waals surface area contributed by atoms with Crippen molar-refractivity contribution in [3.05, 3.63) is 0 Å². The molecule has 0 saturated carbocycles. The summed E-state index contributed by atoms with van der Waals surface area (Å²) in [5, 5.41) is -3.75. The second-order valence-electron chi connectivity index (χ2n) is 2.48. The summed E-state index contributed by atoms with van der Waals surface area (Å²) < 4.78 is 63.9. The topological polar surface area (TPSA) is 26.3 Å². The number of halogens is 7. The number of hydrogen-bond donors (Lipinski definition) is 0. The summed E-state index contributed by atoms with van der Waals surface area (Å²) in [5.74, 6) is -6.36. The van der Waals surface area contributed by atoms with Crippen LogP contribution >= 0.6 is 27.5 Å². The zero-order valence-corrected chi connectivity index (χ0v) is 9.30. The Morgan fingerprint density at radius 1 is 1.40 bits per heavy atom. The van der Waals surface area contributed by atoms with Crippen molar-refractivity contribution in [3.63, 3.8) is 0 Å². The van der Waals surface area contributed by atoms with Gasteiger partial charge in [-0.2, -0.15) is 8.78 Å². The van der Waals surface area contributed by atoms with Crippen LogP contribution in [0.15, 0.2) is 0 Å². The molecule has 0 spiro atoms. The van der Waals surface area contributed by atoms with Crippen LogP contribution in [-0.2, 0) is 9.53 Å². The summed E-state index contributed by atoms with van der Waals surface area (Å²) in [4.78, 5) is 10.6. The first kappa shape index (κ1) is 14.9. The second-order valence-corrected chi connectivity index (χ2v) is 3.64. The minimum atomic E-state index is -4.52. The Kier molecular flexibility index (Phi) is 5.25. The fourth-order valence-electron chi connectivity index (χ4n) is 0.385. The quantitative estimate of drug-likeness (QED) is 0.442. The van der Waals surface area contributed by atoms with Crippen LogP contribution in [0.5, 0.6) is 0 Å². The average Bonchev–Trinajstić information content (AvgIpc) is 2.13. The molecule has 0 bridgehead atoms. The molecule has 0 amide bonds. The Morgan fingerprint density at radius 2 is 1.87 bits per heavy atom. The molecule has 0 aromatic rings. The van der Waals surface area contributed by atoms with Crippen molar-refractivity contribution in [2.45, 2.75) is 17.5 Å². The van der Waals surface area contributed by atoms with E-state index in [0.29, 0.717) is 0 Å². The van der Waals surface area contributed by atoms with Gasteiger partial charge in [0.25, 0.3) is 5.13 Å². The lowest BCUT2D eigenvalue weighted by molar-refractivity contribution is -0.184. The van der Waals surface area contributed by atoms with Gasteiger partial charge in [0.2, 0.25) is 0 Å². The van der Waals surface area contributed by atoms with Crippen LogP contribution in [0.4, 0.5) is 22.0 Å². The highest BCUT2D eigenvalue weighted by Gasteiger charge is 2.45. The van der Waals surface area contributed by atoms with E-state index in [9.17, 15) is 26.7 Å². The number of carbonyl (C=O) groups excluding carboxylic acids is 1. The van der Waals surface area contributed by atoms with Gasteiger partial charge in [0.1, 0.15) is 0 Å². The van der Waals surface area contributed by atoms with Crippen LogP contribution in [0.1, 0.15) is 0 Å². The van der Waals surface area contributed by atoms with Gasteiger partial charge >= 0.3 is 18.3 Å². The summed E-state index contributed by atoms with van der Waals surface area (Å²) in [5.41, 5.74) is 0. The summed E-state index contributed by atoms with van der Waals surface area (Å²) in [6.45, 7) is -1.92. The third-order valence-corrected chi connectivity index (χ3v) is 2.56. The van der Waals surface area contributed by atoms with E-state index in [2.05, 4.69) is 20.7 Å². The van der Waals surface area contributed by atoms with E-state index in [-0.39, 0.29) is 0 Å². The van der Waals surface area contributed by atoms with Crippen molar-refractivity contribution in [1.29, 1.82) is 0 Å². The lowest BCUT2D eigenvalue weighted by atomic mass is 10.4. The van der Waals surface area contributed by atoms with Crippen LogP contribution < -0.4 is 0 Å². The highest BCUT2D eigenvalue weighted by atomic mass is 79.9. The molecule has 0 aromatic heterocycles. The first-order chi connectivity index (χ1) is 6.63. The Hall–Kier alpha value is -0.110. The molecule has 0 aliphatic heterocycles. The van der Waals surface area contributed by atoms with E-state index in [1.807, 2.05) is 0 Å². The fourth-order valence-corrected chi connectivity index (χ4v) is 0.668. The molecule has 0 fully saturated rings. The predicted molar refractivity (Wildman–Crippen MR) is 45.4 cm³/mol. The molecule has 0 aromatic carbocycles. The molecule has 0 aliphatic rings. The monoisotopic (exact) mass is 318 g/mol. The number of rotatable bonds is 5. The van der Waals surface area contributed by atoms with Gasteiger partial charge in [0.15, 0.2) is 6.61 Å². The molecule has 0 radical (unpaired) electrons. The number of esters is 1. The van der Waals surface area contributed by atoms with E-state index in [1.54, 1.807) is 0 Å². The SMILES string of the molecule is O=C(OCC(F)(F)C(F)F)C(F)(Cl)CBr. The highest BCUT2D eigenvalue weighted by Crippen LogP contribution is 2.26. The number of ether oxygens (including phenoxy) is 1. The minimum absolute atomic E-state index is 0.708. The molecular formula is C6H5BrClF5O2. The Balaban J connectivity index is 4.24. The van der Waals surface area contributed by atoms with Crippen molar-refractivity contribution < 1.29 is 31.5 Å². The van der Waals surface area contributed by atoms with Gasteiger partial charge in [-0.15, -0.1) is 0 Å². The molecule has 0 rings (SSSR count). The third kappa shape index (κ3) is 4.50. The van der Waals surface area contributed by atoms with E-state index >= 15 is 0 Å². The first-order valence-corrected chi connectivity index (χ1v) is 4.90. The molecule has 15 heavy (non-hydrogen) atoms. The zero-order valence-electron chi connectivity index (χ0n) is 6.95. The van der Waals surface area contributed by atoms with Crippen molar-refractivity contribution in [3.8, 4) is 0 Å². The van der Waals surface area contributed by atoms with Gasteiger partial charge in [0, 0.05) is 0 Å². The summed E-state index contributed by atoms with van der Waals surface area (Å²) in [7, 11) is 0. The normalized spacial score (nSPS) is 16.3. The zero-order chi connectivity index (χ0) is 12.3. The van der Waals surface area contributed by atoms with Gasteiger partial charge in [-0.25, -0.2) is 18.0 Å². The smallest absolute Gasteiger partial charge is 0.360 e. The van der Waals surface area contributed by atoms with Crippen LogP contribution in [0, 0.1) is 0 Å². The van der Waals surface area contributed by atoms with E-state index in [0.717, 1.165) is 0 Å². The van der Waals surface area contributed by atoms with Crippen LogP contribution in [0.2, 0.25) is 0 Å².